The quantitative estimate of drug-likeness (QED) is 0.863. The van der Waals surface area contributed by atoms with Crippen LogP contribution in [0.2, 0.25) is 0 Å². The molecule has 0 saturated heterocycles. The molecule has 3 nitrogen and oxygen atoms in total. The lowest BCUT2D eigenvalue weighted by atomic mass is 10.1. The Labute approximate surface area is 112 Å². The van der Waals surface area contributed by atoms with Gasteiger partial charge in [0.05, 0.1) is 28.7 Å². The average Bonchev–Trinajstić information content (AvgIpc) is 2.70. The van der Waals surface area contributed by atoms with Crippen molar-refractivity contribution in [3.05, 3.63) is 47.3 Å². The first-order valence-corrected chi connectivity index (χ1v) is 5.74. The van der Waals surface area contributed by atoms with E-state index >= 15 is 0 Å². The van der Waals surface area contributed by atoms with Crippen molar-refractivity contribution in [2.24, 2.45) is 5.73 Å². The van der Waals surface area contributed by atoms with Gasteiger partial charge in [-0.25, -0.2) is 4.68 Å². The Bertz CT molecular complexity index is 631. The molecular weight excluding hydrogens is 275 g/mol. The zero-order valence-corrected chi connectivity index (χ0v) is 10.7. The van der Waals surface area contributed by atoms with Gasteiger partial charge < -0.3 is 5.73 Å². The van der Waals surface area contributed by atoms with Crippen molar-refractivity contribution in [1.82, 2.24) is 9.78 Å². The van der Waals surface area contributed by atoms with Crippen LogP contribution < -0.4 is 5.73 Å². The fraction of sp³-hybridized carbons (Fsp3) is 0.167. The molecule has 0 bridgehead atoms. The van der Waals surface area contributed by atoms with Gasteiger partial charge in [-0.15, -0.1) is 0 Å². The molecule has 1 aromatic carbocycles. The summed E-state index contributed by atoms with van der Waals surface area (Å²) in [6.45, 7) is 1.62. The summed E-state index contributed by atoms with van der Waals surface area (Å²) in [6.07, 6.45) is -3.08. The number of halogens is 3. The van der Waals surface area contributed by atoms with E-state index < -0.39 is 11.7 Å². The molecule has 100 valence electrons. The summed E-state index contributed by atoms with van der Waals surface area (Å²) < 4.78 is 40.0. The highest BCUT2D eigenvalue weighted by atomic mass is 32.1. The molecule has 1 aromatic heterocycles. The maximum absolute atomic E-state index is 12.9. The van der Waals surface area contributed by atoms with E-state index in [-0.39, 0.29) is 10.7 Å². The Morgan fingerprint density at radius 3 is 2.47 bits per heavy atom. The van der Waals surface area contributed by atoms with Crippen LogP contribution in [0, 0.1) is 6.92 Å². The van der Waals surface area contributed by atoms with Gasteiger partial charge in [0, 0.05) is 0 Å². The van der Waals surface area contributed by atoms with E-state index in [4.69, 9.17) is 18.0 Å². The van der Waals surface area contributed by atoms with Gasteiger partial charge >= 0.3 is 6.18 Å². The largest absolute Gasteiger partial charge is 0.418 e. The summed E-state index contributed by atoms with van der Waals surface area (Å²) in [7, 11) is 0. The number of nitrogens with two attached hydrogens (primary N) is 1. The summed E-state index contributed by atoms with van der Waals surface area (Å²) in [5.41, 5.74) is 5.63. The number of alkyl halides is 3. The number of benzene rings is 1. The summed E-state index contributed by atoms with van der Waals surface area (Å²) >= 11 is 4.82. The summed E-state index contributed by atoms with van der Waals surface area (Å²) in [6, 6.07) is 5.22. The van der Waals surface area contributed by atoms with E-state index in [1.54, 1.807) is 6.92 Å². The van der Waals surface area contributed by atoms with Gasteiger partial charge in [-0.3, -0.25) is 0 Å². The van der Waals surface area contributed by atoms with Crippen LogP contribution in [0.1, 0.15) is 16.8 Å². The van der Waals surface area contributed by atoms with Gasteiger partial charge in [0.2, 0.25) is 0 Å². The van der Waals surface area contributed by atoms with Crippen molar-refractivity contribution in [2.45, 2.75) is 13.1 Å². The Morgan fingerprint density at radius 1 is 1.32 bits per heavy atom. The Kier molecular flexibility index (Phi) is 3.32. The molecule has 0 atom stereocenters. The van der Waals surface area contributed by atoms with Crippen molar-refractivity contribution in [2.75, 3.05) is 0 Å². The van der Waals surface area contributed by atoms with E-state index in [0.29, 0.717) is 11.3 Å². The Morgan fingerprint density at radius 2 is 1.95 bits per heavy atom. The van der Waals surface area contributed by atoms with Crippen LogP contribution in [0.4, 0.5) is 13.2 Å². The fourth-order valence-corrected chi connectivity index (χ4v) is 1.99. The highest BCUT2D eigenvalue weighted by molar-refractivity contribution is 7.80. The van der Waals surface area contributed by atoms with Crippen LogP contribution >= 0.6 is 12.2 Å². The van der Waals surface area contributed by atoms with Crippen molar-refractivity contribution < 1.29 is 13.2 Å². The zero-order chi connectivity index (χ0) is 14.2. The molecule has 0 amide bonds. The molecule has 0 fully saturated rings. The second kappa shape index (κ2) is 4.65. The summed E-state index contributed by atoms with van der Waals surface area (Å²) in [5.74, 6) is 0. The molecule has 0 unspecified atom stereocenters. The second-order valence-corrected chi connectivity index (χ2v) is 4.37. The van der Waals surface area contributed by atoms with Crippen molar-refractivity contribution in [3.63, 3.8) is 0 Å². The molecule has 0 saturated carbocycles. The van der Waals surface area contributed by atoms with Crippen LogP contribution in [0.5, 0.6) is 0 Å². The molecule has 0 radical (unpaired) electrons. The minimum atomic E-state index is -4.45. The number of aromatic nitrogens is 2. The standard InChI is InChI=1S/C12H10F3N3S/c1-7-8(11(16)19)6-17-18(7)10-5-3-2-4-9(10)12(13,14)15/h2-6H,1H3,(H2,16,19). The van der Waals surface area contributed by atoms with E-state index in [9.17, 15) is 13.2 Å². The van der Waals surface area contributed by atoms with E-state index in [0.717, 1.165) is 6.07 Å². The predicted molar refractivity (Wildman–Crippen MR) is 69.2 cm³/mol. The van der Waals surface area contributed by atoms with Crippen molar-refractivity contribution >= 4 is 17.2 Å². The molecule has 0 spiro atoms. The first-order valence-electron chi connectivity index (χ1n) is 5.33. The minimum absolute atomic E-state index is 0.0463. The Balaban J connectivity index is 2.64. The van der Waals surface area contributed by atoms with Gasteiger partial charge in [0.1, 0.15) is 4.99 Å². The van der Waals surface area contributed by atoms with Crippen LogP contribution in [0.3, 0.4) is 0 Å². The number of rotatable bonds is 2. The third-order valence-corrected chi connectivity index (χ3v) is 2.93. The smallest absolute Gasteiger partial charge is 0.389 e. The molecule has 0 aliphatic carbocycles. The third kappa shape index (κ3) is 2.46. The predicted octanol–water partition coefficient (Wildman–Crippen LogP) is 2.83. The van der Waals surface area contributed by atoms with Crippen LogP contribution in [0.15, 0.2) is 30.5 Å². The Hall–Kier alpha value is -1.89. The monoisotopic (exact) mass is 285 g/mol. The maximum atomic E-state index is 12.9. The minimum Gasteiger partial charge on any atom is -0.389 e. The maximum Gasteiger partial charge on any atom is 0.418 e. The van der Waals surface area contributed by atoms with E-state index in [1.165, 1.54) is 29.1 Å². The van der Waals surface area contributed by atoms with Gasteiger partial charge in [0.25, 0.3) is 0 Å². The molecule has 2 N–H and O–H groups in total. The second-order valence-electron chi connectivity index (χ2n) is 3.93. The van der Waals surface area contributed by atoms with Gasteiger partial charge in [-0.2, -0.15) is 18.3 Å². The summed E-state index contributed by atoms with van der Waals surface area (Å²) in [4.78, 5) is 0.105. The molecule has 19 heavy (non-hydrogen) atoms. The number of thiocarbonyl (C=S) groups is 1. The van der Waals surface area contributed by atoms with Crippen molar-refractivity contribution in [3.8, 4) is 5.69 Å². The molecule has 7 heteroatoms. The lowest BCUT2D eigenvalue weighted by molar-refractivity contribution is -0.137. The highest BCUT2D eigenvalue weighted by Crippen LogP contribution is 2.34. The zero-order valence-electron chi connectivity index (χ0n) is 9.90. The molecule has 1 heterocycles. The first-order chi connectivity index (χ1) is 8.82. The molecule has 2 aromatic rings. The number of para-hydroxylation sites is 1. The van der Waals surface area contributed by atoms with E-state index in [1.807, 2.05) is 0 Å². The molecule has 0 aliphatic rings. The third-order valence-electron chi connectivity index (χ3n) is 2.71. The number of hydrogen-bond donors (Lipinski definition) is 1. The van der Waals surface area contributed by atoms with Gasteiger partial charge in [-0.1, -0.05) is 24.4 Å². The highest BCUT2D eigenvalue weighted by Gasteiger charge is 2.34. The molecule has 2 rings (SSSR count). The van der Waals surface area contributed by atoms with Gasteiger partial charge in [-0.05, 0) is 19.1 Å². The normalized spacial score (nSPS) is 11.6. The number of hydrogen-bond acceptors (Lipinski definition) is 2. The fourth-order valence-electron chi connectivity index (χ4n) is 1.79. The van der Waals surface area contributed by atoms with Crippen molar-refractivity contribution in [1.29, 1.82) is 0 Å². The first kappa shape index (κ1) is 13.5. The van der Waals surface area contributed by atoms with Crippen LogP contribution in [-0.4, -0.2) is 14.8 Å². The SMILES string of the molecule is Cc1c(C(N)=S)cnn1-c1ccccc1C(F)(F)F. The van der Waals surface area contributed by atoms with E-state index in [2.05, 4.69) is 5.10 Å². The lowest BCUT2D eigenvalue weighted by Crippen LogP contribution is -2.14. The molecule has 0 aliphatic heterocycles. The topological polar surface area (TPSA) is 43.8 Å². The molecular formula is C12H10F3N3S. The van der Waals surface area contributed by atoms with Gasteiger partial charge in [0.15, 0.2) is 0 Å². The summed E-state index contributed by atoms with van der Waals surface area (Å²) in [5, 5.41) is 3.93. The lowest BCUT2D eigenvalue weighted by Gasteiger charge is -2.13. The van der Waals surface area contributed by atoms with Crippen LogP contribution in [0.25, 0.3) is 5.69 Å². The average molecular weight is 285 g/mol. The number of nitrogens with zero attached hydrogens (tertiary/aromatic N) is 2. The van der Waals surface area contributed by atoms with Crippen LogP contribution in [-0.2, 0) is 6.18 Å².